The average Bonchev–Trinajstić information content (AvgIpc) is 1.52. The second-order valence-electron chi connectivity index (χ2n) is 40.4. The molecule has 696 valence electrons. The molecule has 12 heteroatoms. The van der Waals surface area contributed by atoms with Crippen LogP contribution in [-0.2, 0) is 5.41 Å². The normalized spacial score (nSPS) is 12.4. The average molecular weight is 1930 g/mol. The van der Waals surface area contributed by atoms with E-state index >= 15 is 0 Å². The number of pyridine rings is 1. The molecule has 9 nitrogen and oxygen atoms in total. The predicted octanol–water partition coefficient (Wildman–Crippen LogP) is 37.9. The molecule has 0 aliphatic carbocycles. The van der Waals surface area contributed by atoms with Gasteiger partial charge in [-0.05, 0) is 224 Å². The number of para-hydroxylation sites is 4. The van der Waals surface area contributed by atoms with E-state index in [1.54, 1.807) is 7.11 Å². The molecule has 0 radical (unpaired) electrons. The fourth-order valence-electron chi connectivity index (χ4n) is 24.8. The fraction of sp³-hybridized carbons (Fsp3) is 0.0368. The van der Waals surface area contributed by atoms with Gasteiger partial charge in [0.1, 0.15) is 22.7 Å². The molecule has 10 heterocycles. The van der Waals surface area contributed by atoms with Crippen LogP contribution in [0.1, 0.15) is 26.3 Å². The molecule has 32 rings (SSSR count). The Hall–Kier alpha value is -18.5. The van der Waals surface area contributed by atoms with Gasteiger partial charge in [0.15, 0.2) is 0 Å². The van der Waals surface area contributed by atoms with Crippen molar-refractivity contribution in [2.75, 3.05) is 7.11 Å². The van der Waals surface area contributed by atoms with Gasteiger partial charge in [0.25, 0.3) is 0 Å². The summed E-state index contributed by atoms with van der Waals surface area (Å²) in [6, 6.07) is 159. The van der Waals surface area contributed by atoms with Crippen LogP contribution in [0.3, 0.4) is 0 Å². The molecule has 0 saturated carbocycles. The van der Waals surface area contributed by atoms with E-state index < -0.39 is 0 Å². The quantitative estimate of drug-likeness (QED) is 0.137. The first-order chi connectivity index (χ1) is 72.9. The zero-order valence-corrected chi connectivity index (χ0v) is 82.5. The Bertz CT molecular complexity index is 11300. The number of hydrogen-bond acceptors (Lipinski definition) is 5. The summed E-state index contributed by atoms with van der Waals surface area (Å²) in [5.41, 5.74) is 30.2. The molecule has 0 N–H and O–H groups in total. The number of hydrogen-bond donors (Lipinski definition) is 0. The topological polar surface area (TPSA) is 64.8 Å². The lowest BCUT2D eigenvalue weighted by Gasteiger charge is -2.19. The molecular weight excluding hydrogens is 1850 g/mol. The lowest BCUT2D eigenvalue weighted by atomic mass is 9.87. The molecule has 0 fully saturated rings. The highest BCUT2D eigenvalue weighted by atomic mass is 32.1. The van der Waals surface area contributed by atoms with Crippen LogP contribution < -0.4 is 4.74 Å². The Morgan fingerprint density at radius 3 is 1.49 bits per heavy atom. The number of thiophene rings is 2. The van der Waals surface area contributed by atoms with Crippen molar-refractivity contribution >= 4 is 248 Å². The van der Waals surface area contributed by atoms with Gasteiger partial charge < -0.3 is 36.6 Å². The largest absolute Gasteiger partial charge is 0.497 e. The number of aromatic nitrogens is 7. The minimum atomic E-state index is -0.231. The lowest BCUT2D eigenvalue weighted by molar-refractivity contribution is 0.415. The van der Waals surface area contributed by atoms with E-state index in [2.05, 4.69) is 460 Å². The molecule has 10 aromatic heterocycles. The first-order valence-electron chi connectivity index (χ1n) is 50.5. The third kappa shape index (κ3) is 12.4. The van der Waals surface area contributed by atoms with Gasteiger partial charge in [0.2, 0.25) is 0 Å². The van der Waals surface area contributed by atoms with E-state index in [4.69, 9.17) is 9.15 Å². The third-order valence-electron chi connectivity index (χ3n) is 31.5. The minimum Gasteiger partial charge on any atom is -0.497 e. The highest BCUT2D eigenvalue weighted by Crippen LogP contribution is 2.55. The highest BCUT2D eigenvalue weighted by Gasteiger charge is 2.31. The number of rotatable bonds is 10. The molecule has 32 aromatic rings. The van der Waals surface area contributed by atoms with Gasteiger partial charge in [0.05, 0.1) is 73.3 Å². The monoisotopic (exact) mass is 1930 g/mol. The molecule has 0 saturated heterocycles. The third-order valence-corrected chi connectivity index (χ3v) is 33.8. The Morgan fingerprint density at radius 2 is 0.730 bits per heavy atom. The maximum atomic E-state index is 13.9. The standard InChI is InChI=1S/C70H42N4O2S.C66H44FN3S/c1-75-48-25-22-45(23-26-48)73-60-33-31-55-54-30-32-59-65(68(54)74(47-24-29-53-52-15-5-7-19-63(52)77-64(53)40-47)69(55)66(60)58-28-20-42-10-2-3-13-49(42)67(58)73)57-27-21-43(41-34-36-71-37-35-41)39-61(57)72(59)46-12-8-11-44(38-46)50-16-9-17-56-51-14-4-6-18-62(51)76-70(50)56;1-66(2,3)42-25-31-44(32-26-42)68-54-18-10-8-14-48(54)49-34-33-46(38-58(49)68)69-56-36-24-41-12-4-5-13-47(41)60(56)62-57(69)37-35-53-59-50-15-6-7-16-51(50)63-61(65(59)71-64(53)62)52-17-9-11-19-55(52)70(63)45-29-22-40(23-30-45)39-20-27-43(67)28-21-39/h2-40H,1H3;4-38H,1-3H3. The summed E-state index contributed by atoms with van der Waals surface area (Å²) in [6.45, 7) is 6.83. The number of benzene rings is 22. The van der Waals surface area contributed by atoms with Crippen LogP contribution in [0.5, 0.6) is 5.75 Å². The highest BCUT2D eigenvalue weighted by molar-refractivity contribution is 7.28. The molecule has 22 aromatic carbocycles. The van der Waals surface area contributed by atoms with Crippen LogP contribution in [0.25, 0.3) is 293 Å². The molecule has 0 amide bonds. The number of halogens is 1. The Kier molecular flexibility index (Phi) is 18.2. The second-order valence-corrected chi connectivity index (χ2v) is 42.5. The van der Waals surface area contributed by atoms with E-state index in [1.165, 1.54) is 199 Å². The molecule has 0 aliphatic heterocycles. The van der Waals surface area contributed by atoms with Crippen LogP contribution in [-0.4, -0.2) is 39.5 Å². The number of methoxy groups -OCH3 is 1. The van der Waals surface area contributed by atoms with Gasteiger partial charge in [-0.15, -0.1) is 22.7 Å². The van der Waals surface area contributed by atoms with Gasteiger partial charge >= 0.3 is 0 Å². The van der Waals surface area contributed by atoms with Crippen molar-refractivity contribution < 1.29 is 13.5 Å². The summed E-state index contributed by atoms with van der Waals surface area (Å²) in [4.78, 5) is 4.39. The molecule has 0 atom stereocenters. The molecular formula is C136H86FN7O2S2. The van der Waals surface area contributed by atoms with Gasteiger partial charge in [-0.2, -0.15) is 0 Å². The Balaban J connectivity index is 0.000000134. The molecule has 0 unspecified atom stereocenters. The van der Waals surface area contributed by atoms with Gasteiger partial charge in [-0.3, -0.25) is 4.98 Å². The predicted molar refractivity (Wildman–Crippen MR) is 624 cm³/mol. The Morgan fingerprint density at radius 1 is 0.257 bits per heavy atom. The summed E-state index contributed by atoms with van der Waals surface area (Å²) < 4.78 is 46.3. The summed E-state index contributed by atoms with van der Waals surface area (Å²) in [7, 11) is 1.73. The lowest BCUT2D eigenvalue weighted by Crippen LogP contribution is -2.10. The van der Waals surface area contributed by atoms with Gasteiger partial charge in [-0.1, -0.05) is 294 Å². The van der Waals surface area contributed by atoms with Crippen LogP contribution in [0.2, 0.25) is 0 Å². The zero-order chi connectivity index (χ0) is 97.7. The van der Waals surface area contributed by atoms with Crippen molar-refractivity contribution in [2.24, 2.45) is 0 Å². The number of fused-ring (bicyclic) bond motifs is 38. The summed E-state index contributed by atoms with van der Waals surface area (Å²) in [5.74, 6) is 0.593. The first-order valence-corrected chi connectivity index (χ1v) is 52.1. The summed E-state index contributed by atoms with van der Waals surface area (Å²) in [6.07, 6.45) is 3.75. The van der Waals surface area contributed by atoms with E-state index in [9.17, 15) is 4.39 Å². The SMILES string of the molecule is CC(C)(C)c1ccc(-n2c3ccccc3c3ccc(-n4c5ccc6ccccc6c5c5c6sc7c(c8ccccc8c8c7c7ccccc7n8-c7ccc(-c8ccc(F)cc8)cc7)c6ccc54)cc32)cc1.COc1ccc(-n2c3ccc4c5ccc6c(c7ccc(-c8ccncc8)cc7n6-c6cccc(-c7cccc8c7oc7ccccc78)c6)c5n(-c5ccc6c(c5)sc5ccccc56)c4c3c3ccc4ccccc4c32)cc1. The molecule has 0 aliphatic rings. The minimum absolute atomic E-state index is 0.0616. The second kappa shape index (κ2) is 32.0. The van der Waals surface area contributed by atoms with Crippen LogP contribution >= 0.6 is 22.7 Å². The van der Waals surface area contributed by atoms with Crippen molar-refractivity contribution in [1.82, 2.24) is 32.4 Å². The first kappa shape index (κ1) is 84.1. The summed E-state index contributed by atoms with van der Waals surface area (Å²) >= 11 is 3.80. The van der Waals surface area contributed by atoms with Gasteiger partial charge in [-0.25, -0.2) is 4.39 Å². The van der Waals surface area contributed by atoms with Crippen LogP contribution in [0, 0.1) is 5.82 Å². The zero-order valence-electron chi connectivity index (χ0n) is 80.9. The van der Waals surface area contributed by atoms with E-state index in [-0.39, 0.29) is 11.2 Å². The number of ether oxygens (including phenoxy) is 1. The van der Waals surface area contributed by atoms with E-state index in [0.29, 0.717) is 0 Å². The molecule has 148 heavy (non-hydrogen) atoms. The fourth-order valence-corrected chi connectivity index (χ4v) is 27.4. The van der Waals surface area contributed by atoms with E-state index in [0.717, 1.165) is 117 Å². The van der Waals surface area contributed by atoms with Crippen LogP contribution in [0.4, 0.5) is 4.39 Å². The van der Waals surface area contributed by atoms with Crippen molar-refractivity contribution in [3.63, 3.8) is 0 Å². The van der Waals surface area contributed by atoms with Crippen molar-refractivity contribution in [3.8, 4) is 73.3 Å². The maximum absolute atomic E-state index is 13.9. The molecule has 0 spiro atoms. The van der Waals surface area contributed by atoms with Crippen molar-refractivity contribution in [1.29, 1.82) is 0 Å². The maximum Gasteiger partial charge on any atom is 0.143 e. The van der Waals surface area contributed by atoms with Crippen molar-refractivity contribution in [2.45, 2.75) is 26.2 Å². The number of furan rings is 1. The Labute approximate surface area is 854 Å². The van der Waals surface area contributed by atoms with Crippen molar-refractivity contribution in [3.05, 3.63) is 461 Å². The summed E-state index contributed by atoms with van der Waals surface area (Å²) in [5, 5.41) is 29.4. The smallest absolute Gasteiger partial charge is 0.143 e. The molecule has 0 bridgehead atoms. The van der Waals surface area contributed by atoms with E-state index in [1.807, 2.05) is 53.3 Å². The number of nitrogens with zero attached hydrogens (tertiary/aromatic N) is 7. The van der Waals surface area contributed by atoms with Gasteiger partial charge in [0, 0.05) is 179 Å². The van der Waals surface area contributed by atoms with Crippen LogP contribution in [0.15, 0.2) is 454 Å².